The van der Waals surface area contributed by atoms with E-state index in [4.69, 9.17) is 0 Å². The molecule has 0 aliphatic rings. The molecule has 0 saturated carbocycles. The zero-order chi connectivity index (χ0) is 23.5. The molecule has 1 aromatic carbocycles. The molecule has 4 amide bonds. The van der Waals surface area contributed by atoms with Crippen LogP contribution in [0.5, 0.6) is 0 Å². The van der Waals surface area contributed by atoms with Gasteiger partial charge in [0.05, 0.1) is 13.2 Å². The van der Waals surface area contributed by atoms with Crippen molar-refractivity contribution in [3.8, 4) is 0 Å². The lowest BCUT2D eigenvalue weighted by Crippen LogP contribution is -2.51. The second-order valence-electron chi connectivity index (χ2n) is 7.01. The van der Waals surface area contributed by atoms with E-state index >= 15 is 0 Å². The lowest BCUT2D eigenvalue weighted by Gasteiger charge is -2.28. The van der Waals surface area contributed by atoms with E-state index in [0.717, 1.165) is 28.2 Å². The Labute approximate surface area is 191 Å². The van der Waals surface area contributed by atoms with Crippen molar-refractivity contribution in [2.75, 3.05) is 12.4 Å². The Morgan fingerprint density at radius 2 is 1.94 bits per heavy atom. The number of urea groups is 1. The Balaban J connectivity index is 2.17. The first-order valence-corrected chi connectivity index (χ1v) is 11.3. The molecular formula is C22H28N4O5S. The maximum Gasteiger partial charge on any atom is 0.357 e. The van der Waals surface area contributed by atoms with Crippen LogP contribution in [0, 0.1) is 0 Å². The molecule has 2 rings (SSSR count). The lowest BCUT2D eigenvalue weighted by molar-refractivity contribution is -0.127. The van der Waals surface area contributed by atoms with Crippen molar-refractivity contribution >= 4 is 40.8 Å². The second-order valence-corrected chi connectivity index (χ2v) is 7.87. The summed E-state index contributed by atoms with van der Waals surface area (Å²) in [4.78, 5) is 54.2. The van der Waals surface area contributed by atoms with Gasteiger partial charge in [-0.15, -0.1) is 11.3 Å². The van der Waals surface area contributed by atoms with Gasteiger partial charge in [0.1, 0.15) is 6.04 Å². The number of hydrogen-bond acceptors (Lipinski definition) is 7. The predicted molar refractivity (Wildman–Crippen MR) is 121 cm³/mol. The van der Waals surface area contributed by atoms with Crippen molar-refractivity contribution in [1.82, 2.24) is 15.2 Å². The highest BCUT2D eigenvalue weighted by molar-refractivity contribution is 7.14. The van der Waals surface area contributed by atoms with Crippen LogP contribution in [0.15, 0.2) is 35.7 Å². The van der Waals surface area contributed by atoms with Crippen LogP contribution >= 0.6 is 11.3 Å². The van der Waals surface area contributed by atoms with Gasteiger partial charge in [-0.25, -0.2) is 14.6 Å². The normalized spacial score (nSPS) is 12.3. The first-order chi connectivity index (χ1) is 15.4. The molecule has 0 spiro atoms. The average molecular weight is 461 g/mol. The number of thiazole rings is 1. The molecule has 0 aliphatic heterocycles. The zero-order valence-electron chi connectivity index (χ0n) is 18.4. The SMILES string of the molecule is CCCC[C@@H](C(=O)Nc1nc(C(=O)OC)cs1)N(C=O)C(=O)NC(CC)c1ccccc1. The summed E-state index contributed by atoms with van der Waals surface area (Å²) in [5.41, 5.74) is 0.971. The summed E-state index contributed by atoms with van der Waals surface area (Å²) in [6, 6.07) is 7.43. The zero-order valence-corrected chi connectivity index (χ0v) is 19.2. The fourth-order valence-electron chi connectivity index (χ4n) is 3.11. The average Bonchev–Trinajstić information content (AvgIpc) is 3.28. The van der Waals surface area contributed by atoms with Crippen LogP contribution in [0.4, 0.5) is 9.93 Å². The molecule has 0 radical (unpaired) electrons. The number of hydrogen-bond donors (Lipinski definition) is 2. The van der Waals surface area contributed by atoms with Gasteiger partial charge in [-0.2, -0.15) is 0 Å². The van der Waals surface area contributed by atoms with Crippen LogP contribution in [0.3, 0.4) is 0 Å². The fraction of sp³-hybridized carbons (Fsp3) is 0.409. The fourth-order valence-corrected chi connectivity index (χ4v) is 3.79. The number of rotatable bonds is 11. The number of carbonyl (C=O) groups excluding carboxylic acids is 4. The van der Waals surface area contributed by atoms with Crippen LogP contribution in [-0.2, 0) is 14.3 Å². The van der Waals surface area contributed by atoms with Gasteiger partial charge < -0.3 is 15.4 Å². The number of carbonyl (C=O) groups is 4. The van der Waals surface area contributed by atoms with Crippen molar-refractivity contribution in [3.63, 3.8) is 0 Å². The van der Waals surface area contributed by atoms with Gasteiger partial charge in [-0.05, 0) is 18.4 Å². The number of nitrogens with zero attached hydrogens (tertiary/aromatic N) is 2. The number of aromatic nitrogens is 1. The first kappa shape index (κ1) is 25.0. The van der Waals surface area contributed by atoms with Gasteiger partial charge in [-0.1, -0.05) is 57.0 Å². The van der Waals surface area contributed by atoms with Crippen LogP contribution in [0.1, 0.15) is 61.6 Å². The van der Waals surface area contributed by atoms with E-state index in [2.05, 4.69) is 20.4 Å². The van der Waals surface area contributed by atoms with E-state index in [0.29, 0.717) is 25.7 Å². The number of amides is 4. The maximum atomic E-state index is 13.0. The molecule has 1 heterocycles. The molecule has 0 fully saturated rings. The van der Waals surface area contributed by atoms with Crippen molar-refractivity contribution < 1.29 is 23.9 Å². The minimum atomic E-state index is -1.02. The van der Waals surface area contributed by atoms with Gasteiger partial charge >= 0.3 is 12.0 Å². The van der Waals surface area contributed by atoms with E-state index < -0.39 is 23.9 Å². The minimum Gasteiger partial charge on any atom is -0.464 e. The molecule has 2 aromatic rings. The Hall–Kier alpha value is -3.27. The number of unbranched alkanes of at least 4 members (excludes halogenated alkanes) is 1. The molecular weight excluding hydrogens is 432 g/mol. The van der Waals surface area contributed by atoms with Crippen LogP contribution in [-0.4, -0.2) is 47.4 Å². The summed E-state index contributed by atoms with van der Waals surface area (Å²) in [5, 5.41) is 7.07. The van der Waals surface area contributed by atoms with E-state index in [9.17, 15) is 19.2 Å². The molecule has 0 aliphatic carbocycles. The van der Waals surface area contributed by atoms with Gasteiger partial charge in [0.15, 0.2) is 10.8 Å². The molecule has 0 bridgehead atoms. The number of ether oxygens (including phenoxy) is 1. The van der Waals surface area contributed by atoms with Gasteiger partial charge in [0, 0.05) is 5.38 Å². The first-order valence-electron chi connectivity index (χ1n) is 10.4. The quantitative estimate of drug-likeness (QED) is 0.390. The molecule has 1 aromatic heterocycles. The van der Waals surface area contributed by atoms with Crippen molar-refractivity contribution in [2.45, 2.75) is 51.6 Å². The summed E-state index contributed by atoms with van der Waals surface area (Å²) in [6.45, 7) is 3.87. The Kier molecular flexibility index (Phi) is 9.80. The Bertz CT molecular complexity index is 918. The summed E-state index contributed by atoms with van der Waals surface area (Å²) < 4.78 is 4.61. The maximum absolute atomic E-state index is 13.0. The molecule has 32 heavy (non-hydrogen) atoms. The molecule has 172 valence electrons. The third-order valence-corrected chi connectivity index (χ3v) is 5.61. The van der Waals surface area contributed by atoms with Crippen molar-refractivity contribution in [1.29, 1.82) is 0 Å². The van der Waals surface area contributed by atoms with Gasteiger partial charge in [-0.3, -0.25) is 14.5 Å². The van der Waals surface area contributed by atoms with Gasteiger partial charge in [0.25, 0.3) is 0 Å². The molecule has 2 N–H and O–H groups in total. The smallest absolute Gasteiger partial charge is 0.357 e. The second kappa shape index (κ2) is 12.6. The summed E-state index contributed by atoms with van der Waals surface area (Å²) in [6.07, 6.45) is 2.70. The highest BCUT2D eigenvalue weighted by atomic mass is 32.1. The summed E-state index contributed by atoms with van der Waals surface area (Å²) >= 11 is 1.05. The Morgan fingerprint density at radius 1 is 1.22 bits per heavy atom. The standard InChI is InChI=1S/C22H28N4O5S/c1-4-6-12-18(19(28)25-21-23-17(13-32-21)20(29)31-3)26(14-27)22(30)24-16(5-2)15-10-8-7-9-11-15/h7-11,13-14,16,18H,4-6,12H2,1-3H3,(H,24,30)(H,23,25,28)/t16?,18-/m0/s1. The van der Waals surface area contributed by atoms with E-state index in [1.807, 2.05) is 44.2 Å². The number of benzene rings is 1. The minimum absolute atomic E-state index is 0.0662. The van der Waals surface area contributed by atoms with Crippen molar-refractivity contribution in [2.24, 2.45) is 0 Å². The molecule has 0 saturated heterocycles. The largest absolute Gasteiger partial charge is 0.464 e. The molecule has 1 unspecified atom stereocenters. The monoisotopic (exact) mass is 460 g/mol. The summed E-state index contributed by atoms with van der Waals surface area (Å²) in [7, 11) is 1.24. The third-order valence-electron chi connectivity index (χ3n) is 4.85. The number of imide groups is 1. The van der Waals surface area contributed by atoms with Gasteiger partial charge in [0.2, 0.25) is 12.3 Å². The number of nitrogens with one attached hydrogen (secondary N) is 2. The molecule has 10 heteroatoms. The Morgan fingerprint density at radius 3 is 2.53 bits per heavy atom. The molecule has 9 nitrogen and oxygen atoms in total. The van der Waals surface area contributed by atoms with E-state index in [1.54, 1.807) is 0 Å². The topological polar surface area (TPSA) is 118 Å². The van der Waals surface area contributed by atoms with E-state index in [-0.39, 0.29) is 16.9 Å². The number of anilines is 1. The lowest BCUT2D eigenvalue weighted by atomic mass is 10.0. The highest BCUT2D eigenvalue weighted by Crippen LogP contribution is 2.20. The van der Waals surface area contributed by atoms with E-state index in [1.165, 1.54) is 12.5 Å². The number of methoxy groups -OCH3 is 1. The molecule has 2 atom stereocenters. The third kappa shape index (κ3) is 6.61. The predicted octanol–water partition coefficient (Wildman–Crippen LogP) is 3.75. The van der Waals surface area contributed by atoms with Crippen LogP contribution in [0.2, 0.25) is 0 Å². The number of esters is 1. The highest BCUT2D eigenvalue weighted by Gasteiger charge is 2.31. The van der Waals surface area contributed by atoms with Crippen LogP contribution in [0.25, 0.3) is 0 Å². The summed E-state index contributed by atoms with van der Waals surface area (Å²) in [5.74, 6) is -1.18. The van der Waals surface area contributed by atoms with Crippen molar-refractivity contribution in [3.05, 3.63) is 47.0 Å². The van der Waals surface area contributed by atoms with Crippen LogP contribution < -0.4 is 10.6 Å².